The summed E-state index contributed by atoms with van der Waals surface area (Å²) in [7, 11) is -3.71. The molecule has 1 aromatic carbocycles. The van der Waals surface area contributed by atoms with Crippen LogP contribution in [-0.2, 0) is 16.2 Å². The maximum atomic E-state index is 12.5. The van der Waals surface area contributed by atoms with Crippen LogP contribution in [0.4, 0.5) is 18.9 Å². The molecule has 3 nitrogen and oxygen atoms in total. The van der Waals surface area contributed by atoms with Gasteiger partial charge in [-0.25, -0.2) is 8.42 Å². The van der Waals surface area contributed by atoms with Crippen LogP contribution in [0, 0.1) is 0 Å². The standard InChI is InChI=1S/C10H10BrClF3NO2S/c11-8-3-2-7(10(13,14)15)6-9(8)16-19(17,18)5-1-4-12/h2-3,6,16H,1,4-5H2. The molecule has 1 rings (SSSR count). The van der Waals surface area contributed by atoms with Crippen molar-refractivity contribution in [1.82, 2.24) is 0 Å². The van der Waals surface area contributed by atoms with Gasteiger partial charge < -0.3 is 0 Å². The number of hydrogen-bond acceptors (Lipinski definition) is 2. The fourth-order valence-corrected chi connectivity index (χ4v) is 3.14. The Balaban J connectivity index is 3.01. The summed E-state index contributed by atoms with van der Waals surface area (Å²) in [5.74, 6) is -0.0934. The molecule has 0 atom stereocenters. The third-order valence-corrected chi connectivity index (χ3v) is 4.42. The summed E-state index contributed by atoms with van der Waals surface area (Å²) < 4.78 is 63.1. The van der Waals surface area contributed by atoms with Gasteiger partial charge in [0.25, 0.3) is 0 Å². The number of anilines is 1. The summed E-state index contributed by atoms with van der Waals surface area (Å²) in [5.41, 5.74) is -1.07. The Morgan fingerprint density at radius 2 is 1.95 bits per heavy atom. The van der Waals surface area contributed by atoms with Crippen LogP contribution in [0.2, 0.25) is 0 Å². The van der Waals surface area contributed by atoms with Crippen molar-refractivity contribution in [1.29, 1.82) is 0 Å². The number of nitrogens with one attached hydrogen (secondary N) is 1. The summed E-state index contributed by atoms with van der Waals surface area (Å²) in [5, 5.41) is 0. The predicted octanol–water partition coefficient (Wildman–Crippen LogP) is 3.84. The lowest BCUT2D eigenvalue weighted by molar-refractivity contribution is -0.137. The van der Waals surface area contributed by atoms with Crippen molar-refractivity contribution < 1.29 is 21.6 Å². The number of benzene rings is 1. The minimum absolute atomic E-state index is 0.149. The van der Waals surface area contributed by atoms with Crippen molar-refractivity contribution in [2.45, 2.75) is 12.6 Å². The molecule has 0 aliphatic carbocycles. The van der Waals surface area contributed by atoms with E-state index in [-0.39, 0.29) is 28.2 Å². The van der Waals surface area contributed by atoms with Crippen LogP contribution in [0.1, 0.15) is 12.0 Å². The second-order valence-electron chi connectivity index (χ2n) is 3.66. The van der Waals surface area contributed by atoms with E-state index in [1.54, 1.807) is 0 Å². The second-order valence-corrected chi connectivity index (χ2v) is 6.73. The van der Waals surface area contributed by atoms with Crippen molar-refractivity contribution in [2.24, 2.45) is 0 Å². The van der Waals surface area contributed by atoms with Gasteiger partial charge in [0.05, 0.1) is 17.0 Å². The zero-order valence-corrected chi connectivity index (χ0v) is 12.6. The molecule has 0 aliphatic rings. The average molecular weight is 381 g/mol. The smallest absolute Gasteiger partial charge is 0.282 e. The first-order valence-corrected chi connectivity index (χ1v) is 8.07. The van der Waals surface area contributed by atoms with Crippen LogP contribution in [0.15, 0.2) is 22.7 Å². The van der Waals surface area contributed by atoms with Crippen LogP contribution in [0.25, 0.3) is 0 Å². The lowest BCUT2D eigenvalue weighted by atomic mass is 10.2. The number of alkyl halides is 4. The molecule has 0 amide bonds. The Labute approximate surface area is 122 Å². The topological polar surface area (TPSA) is 46.2 Å². The molecule has 1 aromatic rings. The molecule has 0 bridgehead atoms. The number of halogens is 5. The van der Waals surface area contributed by atoms with E-state index < -0.39 is 21.8 Å². The molecule has 0 saturated carbocycles. The van der Waals surface area contributed by atoms with Crippen molar-refractivity contribution in [3.05, 3.63) is 28.2 Å². The summed E-state index contributed by atoms with van der Waals surface area (Å²) in [4.78, 5) is 0. The van der Waals surface area contributed by atoms with Gasteiger partial charge in [-0.2, -0.15) is 13.2 Å². The maximum absolute atomic E-state index is 12.5. The Hall–Kier alpha value is -0.470. The fourth-order valence-electron chi connectivity index (χ4n) is 1.24. The average Bonchev–Trinajstić information content (AvgIpc) is 2.28. The van der Waals surface area contributed by atoms with Gasteiger partial charge in [-0.3, -0.25) is 4.72 Å². The molecule has 108 valence electrons. The van der Waals surface area contributed by atoms with Crippen LogP contribution in [-0.4, -0.2) is 20.1 Å². The van der Waals surface area contributed by atoms with Gasteiger partial charge in [0, 0.05) is 10.4 Å². The van der Waals surface area contributed by atoms with E-state index in [0.717, 1.165) is 18.2 Å². The maximum Gasteiger partial charge on any atom is 0.416 e. The highest BCUT2D eigenvalue weighted by atomic mass is 79.9. The predicted molar refractivity (Wildman–Crippen MR) is 71.9 cm³/mol. The van der Waals surface area contributed by atoms with E-state index in [0.29, 0.717) is 0 Å². The molecule has 0 saturated heterocycles. The van der Waals surface area contributed by atoms with E-state index in [4.69, 9.17) is 11.6 Å². The van der Waals surface area contributed by atoms with Crippen LogP contribution >= 0.6 is 27.5 Å². The number of sulfonamides is 1. The van der Waals surface area contributed by atoms with Crippen molar-refractivity contribution in [3.63, 3.8) is 0 Å². The molecule has 9 heteroatoms. The molecule has 0 unspecified atom stereocenters. The molecular formula is C10H10BrClF3NO2S. The Kier molecular flexibility index (Phi) is 5.52. The lowest BCUT2D eigenvalue weighted by Gasteiger charge is -2.12. The highest BCUT2D eigenvalue weighted by molar-refractivity contribution is 9.10. The zero-order valence-electron chi connectivity index (χ0n) is 9.47. The Morgan fingerprint density at radius 1 is 1.32 bits per heavy atom. The van der Waals surface area contributed by atoms with Gasteiger partial charge in [0.15, 0.2) is 0 Å². The number of rotatable bonds is 5. The first-order valence-electron chi connectivity index (χ1n) is 5.09. The summed E-state index contributed by atoms with van der Waals surface area (Å²) in [6, 6.07) is 2.74. The SMILES string of the molecule is O=S(=O)(CCCCl)Nc1cc(C(F)(F)F)ccc1Br. The molecule has 1 N–H and O–H groups in total. The van der Waals surface area contributed by atoms with Crippen molar-refractivity contribution >= 4 is 43.2 Å². The van der Waals surface area contributed by atoms with Gasteiger partial charge in [-0.15, -0.1) is 11.6 Å². The van der Waals surface area contributed by atoms with Gasteiger partial charge in [0.1, 0.15) is 0 Å². The minimum atomic E-state index is -4.53. The molecule has 0 aromatic heterocycles. The first-order chi connectivity index (χ1) is 8.65. The molecule has 0 radical (unpaired) electrons. The monoisotopic (exact) mass is 379 g/mol. The van der Waals surface area contributed by atoms with Crippen LogP contribution in [0.5, 0.6) is 0 Å². The van der Waals surface area contributed by atoms with E-state index >= 15 is 0 Å². The van der Waals surface area contributed by atoms with Gasteiger partial charge >= 0.3 is 6.18 Å². The minimum Gasteiger partial charge on any atom is -0.282 e. The van der Waals surface area contributed by atoms with E-state index in [2.05, 4.69) is 20.7 Å². The van der Waals surface area contributed by atoms with Crippen molar-refractivity contribution in [2.75, 3.05) is 16.4 Å². The van der Waals surface area contributed by atoms with E-state index in [1.807, 2.05) is 0 Å². The molecule has 0 spiro atoms. The zero-order chi connectivity index (χ0) is 14.7. The summed E-state index contributed by atoms with van der Waals surface area (Å²) in [6.07, 6.45) is -4.31. The molecule has 0 fully saturated rings. The summed E-state index contributed by atoms with van der Waals surface area (Å²) >= 11 is 8.37. The normalized spacial score (nSPS) is 12.5. The quantitative estimate of drug-likeness (QED) is 0.789. The highest BCUT2D eigenvalue weighted by Gasteiger charge is 2.31. The first kappa shape index (κ1) is 16.6. The van der Waals surface area contributed by atoms with Gasteiger partial charge in [-0.05, 0) is 40.5 Å². The number of hydrogen-bond donors (Lipinski definition) is 1. The van der Waals surface area contributed by atoms with E-state index in [9.17, 15) is 21.6 Å². The molecule has 0 aliphatic heterocycles. The third kappa shape index (κ3) is 5.19. The summed E-state index contributed by atoms with van der Waals surface area (Å²) in [6.45, 7) is 0. The third-order valence-electron chi connectivity index (χ3n) is 2.11. The largest absolute Gasteiger partial charge is 0.416 e. The fraction of sp³-hybridized carbons (Fsp3) is 0.400. The second kappa shape index (κ2) is 6.32. The molecule has 19 heavy (non-hydrogen) atoms. The molecule has 0 heterocycles. The lowest BCUT2D eigenvalue weighted by Crippen LogP contribution is -2.18. The Bertz CT molecular complexity index is 548. The van der Waals surface area contributed by atoms with Crippen LogP contribution in [0.3, 0.4) is 0 Å². The Morgan fingerprint density at radius 3 is 2.47 bits per heavy atom. The highest BCUT2D eigenvalue weighted by Crippen LogP contribution is 2.34. The van der Waals surface area contributed by atoms with Gasteiger partial charge in [0.2, 0.25) is 10.0 Å². The molecular weight excluding hydrogens is 371 g/mol. The van der Waals surface area contributed by atoms with E-state index in [1.165, 1.54) is 0 Å². The van der Waals surface area contributed by atoms with Crippen molar-refractivity contribution in [3.8, 4) is 0 Å². The van der Waals surface area contributed by atoms with Gasteiger partial charge in [-0.1, -0.05) is 0 Å². The van der Waals surface area contributed by atoms with Crippen LogP contribution < -0.4 is 4.72 Å².